The first-order valence-electron chi connectivity index (χ1n) is 9.37. The largest absolute Gasteiger partial charge is 0.460 e. The molecule has 0 saturated heterocycles. The summed E-state index contributed by atoms with van der Waals surface area (Å²) < 4.78 is 12.0. The van der Waals surface area contributed by atoms with Gasteiger partial charge in [0.15, 0.2) is 11.5 Å². The molecule has 1 N–H and O–H groups in total. The van der Waals surface area contributed by atoms with E-state index in [4.69, 9.17) is 20.8 Å². The summed E-state index contributed by atoms with van der Waals surface area (Å²) in [6.45, 7) is 1.90. The topological polar surface area (TPSA) is 73.1 Å². The van der Waals surface area contributed by atoms with Gasteiger partial charge in [-0.3, -0.25) is 0 Å². The van der Waals surface area contributed by atoms with Crippen molar-refractivity contribution < 1.29 is 9.15 Å². The van der Waals surface area contributed by atoms with E-state index >= 15 is 0 Å². The van der Waals surface area contributed by atoms with Crippen LogP contribution in [0.25, 0.3) is 11.3 Å². The van der Waals surface area contributed by atoms with E-state index in [1.54, 1.807) is 0 Å². The summed E-state index contributed by atoms with van der Waals surface area (Å²) >= 11 is 7.72. The lowest BCUT2D eigenvalue weighted by molar-refractivity contribution is 0.194. The number of para-hydroxylation sites is 1. The minimum atomic E-state index is -0.529. The number of hydrogen-bond donors (Lipinski definition) is 1. The van der Waals surface area contributed by atoms with E-state index < -0.39 is 6.23 Å². The van der Waals surface area contributed by atoms with Crippen molar-refractivity contribution in [3.63, 3.8) is 0 Å². The Morgan fingerprint density at radius 3 is 2.70 bits per heavy atom. The molecule has 0 unspecified atom stereocenters. The third-order valence-electron chi connectivity index (χ3n) is 4.67. The highest BCUT2D eigenvalue weighted by Gasteiger charge is 2.27. The first kappa shape index (κ1) is 19.0. The molecule has 1 aliphatic rings. The molecule has 2 aromatic carbocycles. The van der Waals surface area contributed by atoms with Crippen LogP contribution in [0, 0.1) is 6.92 Å². The maximum absolute atomic E-state index is 6.26. The molecular weight excluding hydrogens is 420 g/mol. The van der Waals surface area contributed by atoms with Crippen molar-refractivity contribution in [3.8, 4) is 17.1 Å². The highest BCUT2D eigenvalue weighted by atomic mass is 35.5. The third-order valence-corrected chi connectivity index (χ3v) is 5.92. The van der Waals surface area contributed by atoms with E-state index in [2.05, 4.69) is 20.5 Å². The molecule has 0 bridgehead atoms. The van der Waals surface area contributed by atoms with Gasteiger partial charge >= 0.3 is 0 Å². The van der Waals surface area contributed by atoms with Gasteiger partial charge in [-0.25, -0.2) is 0 Å². The first-order valence-corrected chi connectivity index (χ1v) is 10.7. The predicted molar refractivity (Wildman–Crippen MR) is 117 cm³/mol. The number of halogens is 1. The predicted octanol–water partition coefficient (Wildman–Crippen LogP) is 5.89. The van der Waals surface area contributed by atoms with Gasteiger partial charge in [0.2, 0.25) is 17.3 Å². The molecule has 8 heteroatoms. The smallest absolute Gasteiger partial charge is 0.247 e. The van der Waals surface area contributed by atoms with Crippen LogP contribution in [0.15, 0.2) is 70.2 Å². The Balaban J connectivity index is 1.49. The van der Waals surface area contributed by atoms with Crippen LogP contribution in [0.3, 0.4) is 0 Å². The van der Waals surface area contributed by atoms with Crippen LogP contribution in [0.5, 0.6) is 5.88 Å². The van der Waals surface area contributed by atoms with Crippen LogP contribution in [0.2, 0.25) is 5.02 Å². The van der Waals surface area contributed by atoms with Gasteiger partial charge in [0, 0.05) is 22.0 Å². The number of nitrogens with zero attached hydrogens (tertiary/aromatic N) is 3. The van der Waals surface area contributed by atoms with Crippen molar-refractivity contribution >= 4 is 29.1 Å². The number of aryl methyl sites for hydroxylation is 1. The Labute approximate surface area is 182 Å². The zero-order valence-electron chi connectivity index (χ0n) is 16.0. The molecule has 4 aromatic rings. The summed E-state index contributed by atoms with van der Waals surface area (Å²) in [5.74, 6) is 2.52. The Kier molecular flexibility index (Phi) is 5.06. The molecule has 3 heterocycles. The average Bonchev–Trinajstić information content (AvgIpc) is 3.12. The summed E-state index contributed by atoms with van der Waals surface area (Å²) in [7, 11) is 0. The summed E-state index contributed by atoms with van der Waals surface area (Å²) in [5.41, 5.74) is 3.36. The van der Waals surface area contributed by atoms with E-state index in [9.17, 15) is 0 Å². The van der Waals surface area contributed by atoms with E-state index in [-0.39, 0.29) is 0 Å². The number of thioether (sulfide) groups is 1. The molecule has 0 radical (unpaired) electrons. The van der Waals surface area contributed by atoms with Crippen molar-refractivity contribution in [3.05, 3.63) is 82.8 Å². The second kappa shape index (κ2) is 8.01. The molecule has 6 nitrogen and oxygen atoms in total. The van der Waals surface area contributed by atoms with E-state index in [0.29, 0.717) is 28.2 Å². The third kappa shape index (κ3) is 3.74. The molecule has 0 spiro atoms. The summed E-state index contributed by atoms with van der Waals surface area (Å²) in [6, 6.07) is 19.4. The molecule has 0 amide bonds. The SMILES string of the molecule is Cc1ccc([C@H]2Nc3ccccc3-c3nnc(SCc4ccccc4Cl)nc3O2)o1. The molecule has 5 rings (SSSR count). The fraction of sp³-hybridized carbons (Fsp3) is 0.136. The van der Waals surface area contributed by atoms with Crippen molar-refractivity contribution in [1.29, 1.82) is 0 Å². The normalized spacial score (nSPS) is 14.8. The Hall–Kier alpha value is -3.03. The van der Waals surface area contributed by atoms with Crippen LogP contribution in [0.1, 0.15) is 23.3 Å². The standard InChI is InChI=1S/C22H17ClN4O2S/c1-13-10-11-18(28-13)20-24-17-9-5-3-7-15(17)19-21(29-20)25-22(27-26-19)30-12-14-6-2-4-8-16(14)23/h2-11,20,24H,12H2,1H3/t20-/m0/s1. The number of furan rings is 1. The second-order valence-electron chi connectivity index (χ2n) is 6.76. The van der Waals surface area contributed by atoms with Gasteiger partial charge < -0.3 is 14.5 Å². The molecule has 2 aromatic heterocycles. The van der Waals surface area contributed by atoms with Gasteiger partial charge in [0.05, 0.1) is 0 Å². The first-order chi connectivity index (χ1) is 14.7. The van der Waals surface area contributed by atoms with Crippen molar-refractivity contribution in [2.24, 2.45) is 0 Å². The highest BCUT2D eigenvalue weighted by Crippen LogP contribution is 2.40. The number of aromatic nitrogens is 3. The van der Waals surface area contributed by atoms with Gasteiger partial charge in [0.25, 0.3) is 0 Å². The molecule has 0 saturated carbocycles. The Bertz CT molecular complexity index is 1210. The summed E-state index contributed by atoms with van der Waals surface area (Å²) in [4.78, 5) is 4.64. The van der Waals surface area contributed by atoms with Crippen LogP contribution in [0.4, 0.5) is 5.69 Å². The second-order valence-corrected chi connectivity index (χ2v) is 8.11. The molecule has 30 heavy (non-hydrogen) atoms. The van der Waals surface area contributed by atoms with Gasteiger partial charge in [-0.05, 0) is 36.8 Å². The van der Waals surface area contributed by atoms with E-state index in [0.717, 1.165) is 27.6 Å². The maximum Gasteiger partial charge on any atom is 0.247 e. The van der Waals surface area contributed by atoms with Gasteiger partial charge in [-0.1, -0.05) is 59.8 Å². The van der Waals surface area contributed by atoms with Crippen molar-refractivity contribution in [2.75, 3.05) is 5.32 Å². The molecule has 1 aliphatic heterocycles. The fourth-order valence-corrected chi connectivity index (χ4v) is 4.25. The lowest BCUT2D eigenvalue weighted by atomic mass is 10.1. The Morgan fingerprint density at radius 2 is 1.87 bits per heavy atom. The van der Waals surface area contributed by atoms with Crippen molar-refractivity contribution in [1.82, 2.24) is 15.2 Å². The highest BCUT2D eigenvalue weighted by molar-refractivity contribution is 7.98. The molecule has 0 aliphatic carbocycles. The molecule has 150 valence electrons. The number of nitrogens with one attached hydrogen (secondary N) is 1. The fourth-order valence-electron chi connectivity index (χ4n) is 3.19. The molecule has 0 fully saturated rings. The number of hydrogen-bond acceptors (Lipinski definition) is 7. The van der Waals surface area contributed by atoms with Crippen LogP contribution in [-0.2, 0) is 5.75 Å². The summed E-state index contributed by atoms with van der Waals surface area (Å²) in [5, 5.41) is 13.3. The van der Waals surface area contributed by atoms with Gasteiger partial charge in [0.1, 0.15) is 5.76 Å². The number of ether oxygens (including phenoxy) is 1. The van der Waals surface area contributed by atoms with Crippen LogP contribution < -0.4 is 10.1 Å². The molecule has 1 atom stereocenters. The maximum atomic E-state index is 6.26. The quantitative estimate of drug-likeness (QED) is 0.400. The van der Waals surface area contributed by atoms with Crippen molar-refractivity contribution in [2.45, 2.75) is 24.1 Å². The zero-order chi connectivity index (χ0) is 20.5. The number of fused-ring (bicyclic) bond motifs is 3. The number of anilines is 1. The lowest BCUT2D eigenvalue weighted by Gasteiger charge is -2.16. The zero-order valence-corrected chi connectivity index (χ0v) is 17.6. The number of rotatable bonds is 4. The minimum absolute atomic E-state index is 0.406. The minimum Gasteiger partial charge on any atom is -0.460 e. The van der Waals surface area contributed by atoms with E-state index in [1.165, 1.54) is 11.8 Å². The average molecular weight is 437 g/mol. The monoisotopic (exact) mass is 436 g/mol. The van der Waals surface area contributed by atoms with Gasteiger partial charge in [-0.15, -0.1) is 10.2 Å². The van der Waals surface area contributed by atoms with Crippen LogP contribution in [-0.4, -0.2) is 15.2 Å². The summed E-state index contributed by atoms with van der Waals surface area (Å²) in [6.07, 6.45) is -0.529. The Morgan fingerprint density at radius 1 is 1.03 bits per heavy atom. The van der Waals surface area contributed by atoms with E-state index in [1.807, 2.05) is 67.6 Å². The molecular formula is C22H17ClN4O2S. The number of benzene rings is 2. The van der Waals surface area contributed by atoms with Gasteiger partial charge in [-0.2, -0.15) is 4.98 Å². The van der Waals surface area contributed by atoms with Crippen LogP contribution >= 0.6 is 23.4 Å². The lowest BCUT2D eigenvalue weighted by Crippen LogP contribution is -2.16.